The SMILES string of the molecule is CC1(C)c2[nH]nc(NC(=O)C3([Si](C)(C)C)CCC3)c2CN1C(=O)O. The largest absolute Gasteiger partial charge is 0.465 e. The number of aromatic amines is 1. The number of carbonyl (C=O) groups is 2. The number of hydrogen-bond donors (Lipinski definition) is 3. The molecule has 2 aliphatic rings. The molecule has 132 valence electrons. The molecule has 1 aliphatic heterocycles. The van der Waals surface area contributed by atoms with E-state index in [2.05, 4.69) is 35.2 Å². The predicted molar refractivity (Wildman–Crippen MR) is 93.7 cm³/mol. The first-order valence-corrected chi connectivity index (χ1v) is 11.9. The number of H-pyrrole nitrogens is 1. The summed E-state index contributed by atoms with van der Waals surface area (Å²) < 4.78 is 0. The van der Waals surface area contributed by atoms with Gasteiger partial charge < -0.3 is 10.4 Å². The Balaban J connectivity index is 1.87. The van der Waals surface area contributed by atoms with Crippen molar-refractivity contribution in [3.63, 3.8) is 0 Å². The van der Waals surface area contributed by atoms with Crippen LogP contribution in [0, 0.1) is 0 Å². The lowest BCUT2D eigenvalue weighted by Crippen LogP contribution is -2.52. The van der Waals surface area contributed by atoms with Gasteiger partial charge in [-0.1, -0.05) is 26.1 Å². The number of aromatic nitrogens is 2. The highest BCUT2D eigenvalue weighted by molar-refractivity contribution is 6.83. The van der Waals surface area contributed by atoms with E-state index in [0.29, 0.717) is 5.82 Å². The molecule has 7 nitrogen and oxygen atoms in total. The van der Waals surface area contributed by atoms with Gasteiger partial charge in [0.15, 0.2) is 5.82 Å². The summed E-state index contributed by atoms with van der Waals surface area (Å²) in [6.07, 6.45) is 2.00. The van der Waals surface area contributed by atoms with E-state index in [4.69, 9.17) is 0 Å². The van der Waals surface area contributed by atoms with Crippen LogP contribution in [-0.4, -0.2) is 40.3 Å². The van der Waals surface area contributed by atoms with Crippen LogP contribution >= 0.6 is 0 Å². The third-order valence-corrected chi connectivity index (χ3v) is 9.61. The molecule has 0 unspecified atom stereocenters. The Morgan fingerprint density at radius 3 is 2.38 bits per heavy atom. The van der Waals surface area contributed by atoms with Crippen molar-refractivity contribution in [3.05, 3.63) is 11.3 Å². The van der Waals surface area contributed by atoms with Crippen molar-refractivity contribution < 1.29 is 14.7 Å². The Morgan fingerprint density at radius 2 is 1.92 bits per heavy atom. The zero-order valence-electron chi connectivity index (χ0n) is 15.0. The minimum atomic E-state index is -1.66. The maximum absolute atomic E-state index is 13.0. The second kappa shape index (κ2) is 5.08. The van der Waals surface area contributed by atoms with E-state index < -0.39 is 19.7 Å². The molecule has 2 amide bonds. The van der Waals surface area contributed by atoms with Gasteiger partial charge in [-0.2, -0.15) is 5.10 Å². The first kappa shape index (κ1) is 17.0. The van der Waals surface area contributed by atoms with Crippen molar-refractivity contribution in [3.8, 4) is 0 Å². The van der Waals surface area contributed by atoms with Gasteiger partial charge in [0.05, 0.1) is 25.9 Å². The van der Waals surface area contributed by atoms with Gasteiger partial charge in [0, 0.05) is 10.6 Å². The summed E-state index contributed by atoms with van der Waals surface area (Å²) in [6, 6.07) is 0. The predicted octanol–water partition coefficient (Wildman–Crippen LogP) is 3.34. The van der Waals surface area contributed by atoms with Crippen molar-refractivity contribution >= 4 is 25.9 Å². The molecule has 1 aliphatic carbocycles. The Kier molecular flexibility index (Phi) is 3.60. The van der Waals surface area contributed by atoms with Crippen LogP contribution < -0.4 is 5.32 Å². The number of fused-ring (bicyclic) bond motifs is 1. The fourth-order valence-corrected chi connectivity index (χ4v) is 6.60. The van der Waals surface area contributed by atoms with Crippen LogP contribution in [0.2, 0.25) is 24.7 Å². The molecule has 0 radical (unpaired) electrons. The maximum Gasteiger partial charge on any atom is 0.408 e. The summed E-state index contributed by atoms with van der Waals surface area (Å²) in [4.78, 5) is 25.8. The van der Waals surface area contributed by atoms with Gasteiger partial charge in [-0.15, -0.1) is 0 Å². The average molecular weight is 350 g/mol. The fourth-order valence-electron chi connectivity index (χ4n) is 4.00. The van der Waals surface area contributed by atoms with Gasteiger partial charge in [0.2, 0.25) is 5.91 Å². The molecule has 1 fully saturated rings. The van der Waals surface area contributed by atoms with Crippen molar-refractivity contribution in [2.75, 3.05) is 5.32 Å². The molecule has 8 heteroatoms. The third kappa shape index (κ3) is 2.19. The van der Waals surface area contributed by atoms with E-state index in [1.807, 2.05) is 13.8 Å². The summed E-state index contributed by atoms with van der Waals surface area (Å²) in [5.41, 5.74) is 0.862. The number of nitrogens with one attached hydrogen (secondary N) is 2. The third-order valence-electron chi connectivity index (χ3n) is 6.01. The van der Waals surface area contributed by atoms with Crippen LogP contribution in [0.3, 0.4) is 0 Å². The number of nitrogens with zero attached hydrogens (tertiary/aromatic N) is 2. The summed E-state index contributed by atoms with van der Waals surface area (Å²) in [5.74, 6) is 0.533. The highest BCUT2D eigenvalue weighted by Crippen LogP contribution is 2.56. The zero-order valence-corrected chi connectivity index (χ0v) is 16.0. The molecule has 0 aromatic carbocycles. The number of anilines is 1. The van der Waals surface area contributed by atoms with Gasteiger partial charge in [0.25, 0.3) is 0 Å². The van der Waals surface area contributed by atoms with Gasteiger partial charge in [-0.3, -0.25) is 14.8 Å². The molecule has 0 bridgehead atoms. The Labute approximate surface area is 142 Å². The van der Waals surface area contributed by atoms with Crippen molar-refractivity contribution in [2.45, 2.75) is 69.9 Å². The molecule has 1 aromatic heterocycles. The monoisotopic (exact) mass is 350 g/mol. The van der Waals surface area contributed by atoms with E-state index in [9.17, 15) is 14.7 Å². The fraction of sp³-hybridized carbons (Fsp3) is 0.688. The minimum absolute atomic E-state index is 0.0498. The van der Waals surface area contributed by atoms with Gasteiger partial charge >= 0.3 is 6.09 Å². The topological polar surface area (TPSA) is 98.3 Å². The van der Waals surface area contributed by atoms with Gasteiger partial charge in [-0.25, -0.2) is 4.79 Å². The number of rotatable bonds is 3. The van der Waals surface area contributed by atoms with Crippen molar-refractivity contribution in [2.24, 2.45) is 0 Å². The van der Waals surface area contributed by atoms with Crippen LogP contribution in [0.4, 0.5) is 10.6 Å². The first-order chi connectivity index (χ1) is 11.0. The molecule has 0 atom stereocenters. The zero-order chi connectivity index (χ0) is 17.9. The number of amides is 2. The lowest BCUT2D eigenvalue weighted by molar-refractivity contribution is -0.121. The average Bonchev–Trinajstić information content (AvgIpc) is 2.86. The molecule has 3 N–H and O–H groups in total. The second-order valence-electron chi connectivity index (χ2n) is 8.49. The molecule has 3 rings (SSSR count). The van der Waals surface area contributed by atoms with E-state index in [1.54, 1.807) is 0 Å². The van der Waals surface area contributed by atoms with E-state index in [1.165, 1.54) is 4.90 Å². The van der Waals surface area contributed by atoms with Crippen LogP contribution in [0.15, 0.2) is 0 Å². The van der Waals surface area contributed by atoms with Crippen LogP contribution in [0.1, 0.15) is 44.4 Å². The summed E-state index contributed by atoms with van der Waals surface area (Å²) >= 11 is 0. The van der Waals surface area contributed by atoms with Crippen LogP contribution in [0.5, 0.6) is 0 Å². The lowest BCUT2D eigenvalue weighted by atomic mass is 9.83. The van der Waals surface area contributed by atoms with E-state index in [0.717, 1.165) is 30.5 Å². The normalized spacial score (nSPS) is 21.1. The smallest absolute Gasteiger partial charge is 0.408 e. The molecule has 1 saturated carbocycles. The standard InChI is InChI=1S/C16H26N4O3Si/c1-15(2)11-10(9-20(15)14(22)23)12(19-18-11)17-13(21)16(7-6-8-16)24(3,4)5/h6-9H2,1-5H3,(H,22,23)(H2,17,18,19,21). The Morgan fingerprint density at radius 1 is 1.29 bits per heavy atom. The van der Waals surface area contributed by atoms with Gasteiger partial charge in [0.1, 0.15) is 0 Å². The second-order valence-corrected chi connectivity index (χ2v) is 14.0. The lowest BCUT2D eigenvalue weighted by Gasteiger charge is -2.48. The maximum atomic E-state index is 13.0. The molecular weight excluding hydrogens is 324 g/mol. The summed E-state index contributed by atoms with van der Waals surface area (Å²) in [5, 5.41) is 19.4. The molecule has 0 spiro atoms. The van der Waals surface area contributed by atoms with Crippen molar-refractivity contribution in [1.82, 2.24) is 15.1 Å². The van der Waals surface area contributed by atoms with Gasteiger partial charge in [-0.05, 0) is 26.7 Å². The van der Waals surface area contributed by atoms with Crippen LogP contribution in [0.25, 0.3) is 0 Å². The highest BCUT2D eigenvalue weighted by atomic mass is 28.3. The van der Waals surface area contributed by atoms with Crippen molar-refractivity contribution in [1.29, 1.82) is 0 Å². The quantitative estimate of drug-likeness (QED) is 0.728. The Bertz CT molecular complexity index is 701. The minimum Gasteiger partial charge on any atom is -0.465 e. The number of carbonyl (C=O) groups excluding carboxylic acids is 1. The molecule has 1 aromatic rings. The van der Waals surface area contributed by atoms with Crippen LogP contribution in [-0.2, 0) is 16.9 Å². The summed E-state index contributed by atoms with van der Waals surface area (Å²) in [6.45, 7) is 10.6. The molecular formula is C16H26N4O3Si. The number of carboxylic acid groups (broad SMARTS) is 1. The summed E-state index contributed by atoms with van der Waals surface area (Å²) in [7, 11) is -1.66. The molecule has 0 saturated heterocycles. The van der Waals surface area contributed by atoms with E-state index >= 15 is 0 Å². The number of hydrogen-bond acceptors (Lipinski definition) is 3. The van der Waals surface area contributed by atoms with E-state index in [-0.39, 0.29) is 17.5 Å². The molecule has 2 heterocycles. The molecule has 24 heavy (non-hydrogen) atoms. The Hall–Kier alpha value is -1.83. The first-order valence-electron chi connectivity index (χ1n) is 8.40. The highest BCUT2D eigenvalue weighted by Gasteiger charge is 2.54.